The third kappa shape index (κ3) is 2.14. The quantitative estimate of drug-likeness (QED) is 0.517. The van der Waals surface area contributed by atoms with Gasteiger partial charge in [0.1, 0.15) is 0 Å². The van der Waals surface area contributed by atoms with Crippen LogP contribution >= 0.6 is 0 Å². The Kier molecular flexibility index (Phi) is 2.93. The minimum Gasteiger partial charge on any atom is -0.504 e. The highest BCUT2D eigenvalue weighted by Gasteiger charge is 2.11. The molecule has 1 rings (SSSR count). The molecule has 0 bridgehead atoms. The lowest BCUT2D eigenvalue weighted by molar-refractivity contribution is -0.136. The molecule has 0 aliphatic rings. The maximum atomic E-state index is 10.4. The zero-order valence-electron chi connectivity index (χ0n) is 7.40. The molecule has 0 heterocycles. The van der Waals surface area contributed by atoms with Crippen LogP contribution in [0.5, 0.6) is 11.5 Å². The van der Waals surface area contributed by atoms with Crippen LogP contribution in [0.2, 0.25) is 0 Å². The van der Waals surface area contributed by atoms with Crippen molar-refractivity contribution in [2.75, 3.05) is 0 Å². The van der Waals surface area contributed by atoms with Crippen molar-refractivity contribution in [3.05, 3.63) is 23.3 Å². The Bertz CT molecular complexity index is 362. The molecule has 0 aliphatic heterocycles. The predicted molar refractivity (Wildman–Crippen MR) is 49.0 cm³/mol. The van der Waals surface area contributed by atoms with E-state index in [4.69, 9.17) is 10.8 Å². The highest BCUT2D eigenvalue weighted by Crippen LogP contribution is 2.30. The Morgan fingerprint density at radius 1 is 1.36 bits per heavy atom. The lowest BCUT2D eigenvalue weighted by Crippen LogP contribution is -2.03. The Balaban J connectivity index is 3.13. The van der Waals surface area contributed by atoms with Crippen molar-refractivity contribution < 1.29 is 20.1 Å². The van der Waals surface area contributed by atoms with Crippen molar-refractivity contribution in [2.24, 2.45) is 5.73 Å². The van der Waals surface area contributed by atoms with Gasteiger partial charge in [-0.25, -0.2) is 0 Å². The van der Waals surface area contributed by atoms with E-state index in [9.17, 15) is 15.0 Å². The molecule has 5 nitrogen and oxygen atoms in total. The number of aromatic hydroxyl groups is 2. The van der Waals surface area contributed by atoms with E-state index in [-0.39, 0.29) is 24.3 Å². The van der Waals surface area contributed by atoms with Gasteiger partial charge in [-0.15, -0.1) is 0 Å². The van der Waals surface area contributed by atoms with Gasteiger partial charge in [-0.05, 0) is 17.7 Å². The minimum atomic E-state index is -1.08. The van der Waals surface area contributed by atoms with Gasteiger partial charge in [0.05, 0.1) is 6.42 Å². The molecule has 0 aliphatic carbocycles. The first-order valence-electron chi connectivity index (χ1n) is 4.00. The van der Waals surface area contributed by atoms with E-state index in [2.05, 4.69) is 0 Å². The highest BCUT2D eigenvalue weighted by atomic mass is 16.4. The smallest absolute Gasteiger partial charge is 0.307 e. The Morgan fingerprint density at radius 3 is 2.50 bits per heavy atom. The lowest BCUT2D eigenvalue weighted by atomic mass is 10.1. The minimum absolute atomic E-state index is 0.165. The summed E-state index contributed by atoms with van der Waals surface area (Å²) in [6.07, 6.45) is -0.340. The number of aliphatic carboxylic acids is 1. The van der Waals surface area contributed by atoms with Crippen LogP contribution in [0, 0.1) is 0 Å². The number of rotatable bonds is 3. The van der Waals surface area contributed by atoms with Crippen LogP contribution in [0.1, 0.15) is 11.1 Å². The van der Waals surface area contributed by atoms with E-state index in [1.165, 1.54) is 12.1 Å². The molecular formula is C9H11NO4. The second-order valence-corrected chi connectivity index (χ2v) is 2.90. The van der Waals surface area contributed by atoms with Gasteiger partial charge >= 0.3 is 5.97 Å². The fourth-order valence-electron chi connectivity index (χ4n) is 1.16. The summed E-state index contributed by atoms with van der Waals surface area (Å²) in [7, 11) is 0. The van der Waals surface area contributed by atoms with Crippen LogP contribution in [-0.4, -0.2) is 21.3 Å². The van der Waals surface area contributed by atoms with Crippen molar-refractivity contribution in [3.63, 3.8) is 0 Å². The van der Waals surface area contributed by atoms with Crippen LogP contribution < -0.4 is 5.73 Å². The van der Waals surface area contributed by atoms with Crippen molar-refractivity contribution in [1.82, 2.24) is 0 Å². The number of hydrogen-bond acceptors (Lipinski definition) is 4. The summed E-state index contributed by atoms with van der Waals surface area (Å²) >= 11 is 0. The summed E-state index contributed by atoms with van der Waals surface area (Å²) in [6.45, 7) is 0.181. The van der Waals surface area contributed by atoms with Crippen LogP contribution in [0.4, 0.5) is 0 Å². The number of carboxylic acids is 1. The molecule has 1 aromatic carbocycles. The van der Waals surface area contributed by atoms with E-state index in [0.717, 1.165) is 0 Å². The van der Waals surface area contributed by atoms with E-state index in [1.54, 1.807) is 0 Å². The van der Waals surface area contributed by atoms with Gasteiger partial charge in [0, 0.05) is 12.1 Å². The molecule has 0 spiro atoms. The van der Waals surface area contributed by atoms with Gasteiger partial charge in [0.15, 0.2) is 11.5 Å². The first-order valence-corrected chi connectivity index (χ1v) is 4.00. The normalized spacial score (nSPS) is 10.1. The molecule has 76 valence electrons. The summed E-state index contributed by atoms with van der Waals surface area (Å²) in [4.78, 5) is 10.4. The van der Waals surface area contributed by atoms with Crippen molar-refractivity contribution in [2.45, 2.75) is 13.0 Å². The summed E-state index contributed by atoms with van der Waals surface area (Å²) in [6, 6.07) is 2.77. The summed E-state index contributed by atoms with van der Waals surface area (Å²) < 4.78 is 0. The van der Waals surface area contributed by atoms with E-state index < -0.39 is 11.7 Å². The standard InChI is InChI=1S/C9H11NO4/c10-4-5-1-6(3-8(12)13)9(14)7(11)2-5/h1-2,11,14H,3-4,10H2,(H,12,13). The molecule has 0 atom stereocenters. The number of carbonyl (C=O) groups is 1. The average molecular weight is 197 g/mol. The van der Waals surface area contributed by atoms with Crippen LogP contribution in [-0.2, 0) is 17.8 Å². The first-order chi connectivity index (χ1) is 6.54. The van der Waals surface area contributed by atoms with Gasteiger partial charge in [0.25, 0.3) is 0 Å². The Hall–Kier alpha value is -1.75. The zero-order valence-corrected chi connectivity index (χ0v) is 7.40. The fourth-order valence-corrected chi connectivity index (χ4v) is 1.16. The maximum absolute atomic E-state index is 10.4. The van der Waals surface area contributed by atoms with Crippen LogP contribution in [0.15, 0.2) is 12.1 Å². The molecule has 0 unspecified atom stereocenters. The fraction of sp³-hybridized carbons (Fsp3) is 0.222. The van der Waals surface area contributed by atoms with Gasteiger partial charge in [0.2, 0.25) is 0 Å². The number of carboxylic acid groups (broad SMARTS) is 1. The topological polar surface area (TPSA) is 104 Å². The first kappa shape index (κ1) is 10.3. The lowest BCUT2D eigenvalue weighted by Gasteiger charge is -2.06. The van der Waals surface area contributed by atoms with E-state index in [1.807, 2.05) is 0 Å². The maximum Gasteiger partial charge on any atom is 0.307 e. The largest absolute Gasteiger partial charge is 0.504 e. The van der Waals surface area contributed by atoms with Crippen molar-refractivity contribution in [1.29, 1.82) is 0 Å². The predicted octanol–water partition coefficient (Wildman–Crippen LogP) is 0.184. The molecule has 5 heteroatoms. The SMILES string of the molecule is NCc1cc(O)c(O)c(CC(=O)O)c1. The van der Waals surface area contributed by atoms with Crippen molar-refractivity contribution in [3.8, 4) is 11.5 Å². The molecule has 0 radical (unpaired) electrons. The zero-order chi connectivity index (χ0) is 10.7. The molecule has 0 aromatic heterocycles. The van der Waals surface area contributed by atoms with Gasteiger partial charge in [-0.1, -0.05) is 0 Å². The van der Waals surface area contributed by atoms with Gasteiger partial charge < -0.3 is 21.1 Å². The summed E-state index contributed by atoms with van der Waals surface area (Å²) in [5, 5.41) is 27.1. The highest BCUT2D eigenvalue weighted by molar-refractivity contribution is 5.72. The number of benzene rings is 1. The third-order valence-corrected chi connectivity index (χ3v) is 1.81. The molecule has 14 heavy (non-hydrogen) atoms. The number of nitrogens with two attached hydrogens (primary N) is 1. The molecule has 0 saturated heterocycles. The molecule has 1 aromatic rings. The van der Waals surface area contributed by atoms with Crippen LogP contribution in [0.25, 0.3) is 0 Å². The van der Waals surface area contributed by atoms with E-state index in [0.29, 0.717) is 5.56 Å². The second kappa shape index (κ2) is 3.97. The Morgan fingerprint density at radius 2 is 2.00 bits per heavy atom. The van der Waals surface area contributed by atoms with Gasteiger partial charge in [-0.3, -0.25) is 4.79 Å². The third-order valence-electron chi connectivity index (χ3n) is 1.81. The van der Waals surface area contributed by atoms with Gasteiger partial charge in [-0.2, -0.15) is 0 Å². The summed E-state index contributed by atoms with van der Waals surface area (Å²) in [5.74, 6) is -1.82. The molecular weight excluding hydrogens is 186 g/mol. The number of phenolic OH excluding ortho intramolecular Hbond substituents is 2. The van der Waals surface area contributed by atoms with Crippen LogP contribution in [0.3, 0.4) is 0 Å². The average Bonchev–Trinajstić information content (AvgIpc) is 2.11. The molecule has 0 amide bonds. The number of hydrogen-bond donors (Lipinski definition) is 4. The molecule has 5 N–H and O–H groups in total. The van der Waals surface area contributed by atoms with E-state index >= 15 is 0 Å². The molecule has 0 fully saturated rings. The second-order valence-electron chi connectivity index (χ2n) is 2.90. The summed E-state index contributed by atoms with van der Waals surface area (Å²) in [5.41, 5.74) is 6.07. The van der Waals surface area contributed by atoms with Crippen molar-refractivity contribution >= 4 is 5.97 Å². The monoisotopic (exact) mass is 197 g/mol. The Labute approximate surface area is 80.4 Å². The molecule has 0 saturated carbocycles. The number of phenols is 2.